The van der Waals surface area contributed by atoms with Crippen molar-refractivity contribution in [3.63, 3.8) is 0 Å². The van der Waals surface area contributed by atoms with Crippen molar-refractivity contribution < 1.29 is 14.3 Å². The fourth-order valence-electron chi connectivity index (χ4n) is 2.21. The van der Waals surface area contributed by atoms with Crippen LogP contribution in [0.25, 0.3) is 0 Å². The minimum absolute atomic E-state index is 0.0852. The van der Waals surface area contributed by atoms with Crippen molar-refractivity contribution in [1.29, 1.82) is 0 Å². The van der Waals surface area contributed by atoms with Crippen LogP contribution in [0.3, 0.4) is 0 Å². The molecule has 0 spiro atoms. The lowest BCUT2D eigenvalue weighted by Gasteiger charge is -2.10. The monoisotopic (exact) mass is 340 g/mol. The first-order valence-corrected chi connectivity index (χ1v) is 8.31. The van der Waals surface area contributed by atoms with Gasteiger partial charge in [0.25, 0.3) is 5.91 Å². The maximum atomic E-state index is 11.8. The summed E-state index contributed by atoms with van der Waals surface area (Å²) in [5.74, 6) is 1.60. The Morgan fingerprint density at radius 3 is 2.64 bits per heavy atom. The second kappa shape index (κ2) is 9.47. The summed E-state index contributed by atoms with van der Waals surface area (Å²) in [6.45, 7) is 4.26. The van der Waals surface area contributed by atoms with E-state index < -0.39 is 0 Å². The number of carbonyl (C=O) groups is 1. The van der Waals surface area contributed by atoms with Crippen LogP contribution in [0.2, 0.25) is 0 Å². The van der Waals surface area contributed by atoms with Crippen LogP contribution in [0.4, 0.5) is 0 Å². The lowest BCUT2D eigenvalue weighted by atomic mass is 9.99. The molecule has 1 N–H and O–H groups in total. The normalized spacial score (nSPS) is 12.0. The molecule has 0 radical (unpaired) electrons. The molecular formula is C20H24N2O3. The van der Waals surface area contributed by atoms with E-state index in [1.807, 2.05) is 48.5 Å². The molecule has 0 aliphatic heterocycles. The molecular weight excluding hydrogens is 316 g/mol. The quantitative estimate of drug-likeness (QED) is 0.588. The summed E-state index contributed by atoms with van der Waals surface area (Å²) >= 11 is 0. The fourth-order valence-corrected chi connectivity index (χ4v) is 2.21. The maximum Gasteiger partial charge on any atom is 0.277 e. The molecule has 5 nitrogen and oxygen atoms in total. The summed E-state index contributed by atoms with van der Waals surface area (Å²) in [6.07, 6.45) is 2.65. The Hall–Kier alpha value is -2.82. The molecule has 1 atom stereocenters. The van der Waals surface area contributed by atoms with Gasteiger partial charge in [0, 0.05) is 0 Å². The Balaban J connectivity index is 1.79. The first-order chi connectivity index (χ1) is 12.1. The van der Waals surface area contributed by atoms with Crippen LogP contribution in [-0.2, 0) is 4.79 Å². The van der Waals surface area contributed by atoms with Crippen LogP contribution in [0, 0.1) is 0 Å². The highest BCUT2D eigenvalue weighted by atomic mass is 16.5. The van der Waals surface area contributed by atoms with Crippen LogP contribution in [0.5, 0.6) is 11.5 Å². The zero-order valence-electron chi connectivity index (χ0n) is 14.9. The highest BCUT2D eigenvalue weighted by molar-refractivity contribution is 5.83. The minimum Gasteiger partial charge on any atom is -0.497 e. The molecule has 2 aromatic carbocycles. The van der Waals surface area contributed by atoms with Gasteiger partial charge in [-0.05, 0) is 47.7 Å². The summed E-state index contributed by atoms with van der Waals surface area (Å²) in [5.41, 5.74) is 4.54. The number of carbonyl (C=O) groups excluding carboxylic acids is 1. The number of rotatable bonds is 8. The van der Waals surface area contributed by atoms with Gasteiger partial charge >= 0.3 is 0 Å². The number of benzene rings is 2. The first kappa shape index (κ1) is 18.5. The van der Waals surface area contributed by atoms with Crippen molar-refractivity contribution in [2.24, 2.45) is 5.10 Å². The summed E-state index contributed by atoms with van der Waals surface area (Å²) < 4.78 is 10.6. The lowest BCUT2D eigenvalue weighted by Crippen LogP contribution is -2.24. The number of amides is 1. The second-order valence-electron chi connectivity index (χ2n) is 5.74. The molecule has 2 aromatic rings. The number of methoxy groups -OCH3 is 1. The van der Waals surface area contributed by atoms with Crippen LogP contribution < -0.4 is 14.9 Å². The molecule has 1 amide bonds. The molecule has 0 saturated heterocycles. The Bertz CT molecular complexity index is 711. The number of hydrogen-bond acceptors (Lipinski definition) is 4. The molecule has 0 saturated carbocycles. The number of hydrogen-bond donors (Lipinski definition) is 1. The highest BCUT2D eigenvalue weighted by Crippen LogP contribution is 2.21. The van der Waals surface area contributed by atoms with Crippen molar-refractivity contribution in [3.8, 4) is 11.5 Å². The smallest absolute Gasteiger partial charge is 0.277 e. The molecule has 0 aliphatic carbocycles. The zero-order valence-corrected chi connectivity index (χ0v) is 14.9. The first-order valence-electron chi connectivity index (χ1n) is 8.31. The van der Waals surface area contributed by atoms with Gasteiger partial charge in [0.15, 0.2) is 6.61 Å². The van der Waals surface area contributed by atoms with Gasteiger partial charge in [-0.25, -0.2) is 5.43 Å². The van der Waals surface area contributed by atoms with E-state index >= 15 is 0 Å². The highest BCUT2D eigenvalue weighted by Gasteiger charge is 2.04. The Kier molecular flexibility index (Phi) is 7.01. The standard InChI is InChI=1S/C20H24N2O3/c1-4-15(2)17-8-10-18(11-9-17)25-14-20(23)22-21-13-16-6-5-7-19(12-16)24-3/h5-13,15H,4,14H2,1-3H3,(H,22,23)/b21-13-/t15-/m1/s1. The molecule has 2 rings (SSSR count). The number of nitrogens with one attached hydrogen (secondary N) is 1. The Morgan fingerprint density at radius 1 is 1.20 bits per heavy atom. The zero-order chi connectivity index (χ0) is 18.1. The van der Waals surface area contributed by atoms with E-state index in [2.05, 4.69) is 24.4 Å². The van der Waals surface area contributed by atoms with Crippen molar-refractivity contribution in [2.45, 2.75) is 26.2 Å². The molecule has 0 fully saturated rings. The largest absolute Gasteiger partial charge is 0.497 e. The molecule has 132 valence electrons. The average Bonchev–Trinajstić information content (AvgIpc) is 2.66. The SMILES string of the molecule is CC[C@@H](C)c1ccc(OCC(=O)N/N=C\c2cccc(OC)c2)cc1. The Labute approximate surface area is 148 Å². The third-order valence-corrected chi connectivity index (χ3v) is 3.93. The molecule has 5 heteroatoms. The topological polar surface area (TPSA) is 59.9 Å². The van der Waals surface area contributed by atoms with E-state index in [-0.39, 0.29) is 12.5 Å². The summed E-state index contributed by atoms with van der Waals surface area (Å²) in [6, 6.07) is 15.2. The van der Waals surface area contributed by atoms with Crippen LogP contribution in [0.1, 0.15) is 37.3 Å². The predicted molar refractivity (Wildman–Crippen MR) is 99.4 cm³/mol. The maximum absolute atomic E-state index is 11.8. The van der Waals surface area contributed by atoms with Crippen molar-refractivity contribution >= 4 is 12.1 Å². The number of hydrazone groups is 1. The van der Waals surface area contributed by atoms with Gasteiger partial charge in [-0.2, -0.15) is 5.10 Å². The molecule has 0 bridgehead atoms. The number of ether oxygens (including phenoxy) is 2. The summed E-state index contributed by atoms with van der Waals surface area (Å²) in [7, 11) is 1.60. The van der Waals surface area contributed by atoms with Gasteiger partial charge in [0.2, 0.25) is 0 Å². The van der Waals surface area contributed by atoms with Crippen LogP contribution in [-0.4, -0.2) is 25.8 Å². The number of nitrogens with zero attached hydrogens (tertiary/aromatic N) is 1. The third-order valence-electron chi connectivity index (χ3n) is 3.93. The molecule has 0 aromatic heterocycles. The van der Waals surface area contributed by atoms with Gasteiger partial charge in [0.05, 0.1) is 13.3 Å². The van der Waals surface area contributed by atoms with Gasteiger partial charge in [-0.1, -0.05) is 38.1 Å². The molecule has 0 heterocycles. The van der Waals surface area contributed by atoms with E-state index in [9.17, 15) is 4.79 Å². The molecule has 0 unspecified atom stereocenters. The average molecular weight is 340 g/mol. The third kappa shape index (κ3) is 5.95. The van der Waals surface area contributed by atoms with Gasteiger partial charge < -0.3 is 9.47 Å². The van der Waals surface area contributed by atoms with Gasteiger partial charge in [-0.15, -0.1) is 0 Å². The summed E-state index contributed by atoms with van der Waals surface area (Å²) in [4.78, 5) is 11.8. The minimum atomic E-state index is -0.315. The predicted octanol–water partition coefficient (Wildman–Crippen LogP) is 3.74. The van der Waals surface area contributed by atoms with Crippen molar-refractivity contribution in [1.82, 2.24) is 5.43 Å². The lowest BCUT2D eigenvalue weighted by molar-refractivity contribution is -0.123. The van der Waals surface area contributed by atoms with Crippen molar-refractivity contribution in [2.75, 3.05) is 13.7 Å². The van der Waals surface area contributed by atoms with Gasteiger partial charge in [-0.3, -0.25) is 4.79 Å². The van der Waals surface area contributed by atoms with E-state index in [0.29, 0.717) is 11.7 Å². The molecule has 0 aliphatic rings. The fraction of sp³-hybridized carbons (Fsp3) is 0.300. The van der Waals surface area contributed by atoms with E-state index in [4.69, 9.17) is 9.47 Å². The van der Waals surface area contributed by atoms with E-state index in [1.165, 1.54) is 5.56 Å². The molecule has 25 heavy (non-hydrogen) atoms. The van der Waals surface area contributed by atoms with E-state index in [1.54, 1.807) is 13.3 Å². The summed E-state index contributed by atoms with van der Waals surface area (Å²) in [5, 5.41) is 3.92. The van der Waals surface area contributed by atoms with Crippen LogP contribution >= 0.6 is 0 Å². The second-order valence-corrected chi connectivity index (χ2v) is 5.74. The van der Waals surface area contributed by atoms with Crippen LogP contribution in [0.15, 0.2) is 53.6 Å². The van der Waals surface area contributed by atoms with Gasteiger partial charge in [0.1, 0.15) is 11.5 Å². The Morgan fingerprint density at radius 2 is 1.96 bits per heavy atom. The van der Waals surface area contributed by atoms with Crippen molar-refractivity contribution in [3.05, 3.63) is 59.7 Å². The van der Waals surface area contributed by atoms with E-state index in [0.717, 1.165) is 17.7 Å².